The third-order valence-corrected chi connectivity index (χ3v) is 4.26. The van der Waals surface area contributed by atoms with E-state index in [9.17, 15) is 4.79 Å². The number of hydrogen-bond acceptors (Lipinski definition) is 2. The molecule has 4 rings (SSSR count). The Hall–Kier alpha value is -3.20. The molecule has 0 fully saturated rings. The van der Waals surface area contributed by atoms with Crippen LogP contribution in [-0.2, 0) is 7.05 Å². The van der Waals surface area contributed by atoms with Gasteiger partial charge in [0.05, 0.1) is 11.2 Å². The maximum Gasteiger partial charge on any atom is 0.258 e. The lowest BCUT2D eigenvalue weighted by Gasteiger charge is -2.10. The fraction of sp³-hybridized carbons (Fsp3) is 0.0476. The first-order valence-electron chi connectivity index (χ1n) is 7.85. The van der Waals surface area contributed by atoms with Crippen LogP contribution in [0.25, 0.3) is 33.3 Å². The van der Waals surface area contributed by atoms with E-state index in [0.717, 1.165) is 27.7 Å². The van der Waals surface area contributed by atoms with Gasteiger partial charge in [-0.15, -0.1) is 0 Å². The van der Waals surface area contributed by atoms with Crippen molar-refractivity contribution in [2.75, 3.05) is 0 Å². The molecule has 0 bridgehead atoms. The monoisotopic (exact) mass is 312 g/mol. The van der Waals surface area contributed by atoms with Gasteiger partial charge in [-0.2, -0.15) is 0 Å². The zero-order valence-corrected chi connectivity index (χ0v) is 13.3. The van der Waals surface area contributed by atoms with Crippen molar-refractivity contribution in [1.82, 2.24) is 9.55 Å². The molecule has 0 aliphatic carbocycles. The van der Waals surface area contributed by atoms with E-state index in [1.807, 2.05) is 86.0 Å². The number of aryl methyl sites for hydroxylation is 1. The van der Waals surface area contributed by atoms with Crippen molar-refractivity contribution < 1.29 is 0 Å². The fourth-order valence-corrected chi connectivity index (χ4v) is 2.96. The van der Waals surface area contributed by atoms with Crippen molar-refractivity contribution in [2.24, 2.45) is 7.05 Å². The molecule has 3 heteroatoms. The summed E-state index contributed by atoms with van der Waals surface area (Å²) in [5.41, 5.74) is 4.41. The van der Waals surface area contributed by atoms with Crippen molar-refractivity contribution in [3.63, 3.8) is 0 Å². The summed E-state index contributed by atoms with van der Waals surface area (Å²) >= 11 is 0. The quantitative estimate of drug-likeness (QED) is 0.554. The third-order valence-electron chi connectivity index (χ3n) is 4.26. The Labute approximate surface area is 139 Å². The molecule has 4 aromatic rings. The van der Waals surface area contributed by atoms with Gasteiger partial charge in [0.2, 0.25) is 0 Å². The molecule has 0 atom stereocenters. The second-order valence-corrected chi connectivity index (χ2v) is 5.78. The summed E-state index contributed by atoms with van der Waals surface area (Å²) in [7, 11) is 1.81. The smallest absolute Gasteiger partial charge is 0.258 e. The van der Waals surface area contributed by atoms with Gasteiger partial charge in [0.25, 0.3) is 5.56 Å². The largest absolute Gasteiger partial charge is 0.311 e. The first kappa shape index (κ1) is 14.4. The molecule has 0 aliphatic rings. The van der Waals surface area contributed by atoms with E-state index in [-0.39, 0.29) is 5.56 Å². The lowest BCUT2D eigenvalue weighted by atomic mass is 10.0. The van der Waals surface area contributed by atoms with Gasteiger partial charge >= 0.3 is 0 Å². The summed E-state index contributed by atoms with van der Waals surface area (Å²) < 4.78 is 1.70. The van der Waals surface area contributed by atoms with Crippen LogP contribution in [-0.4, -0.2) is 9.55 Å². The molecule has 2 aromatic heterocycles. The van der Waals surface area contributed by atoms with Crippen molar-refractivity contribution in [1.29, 1.82) is 0 Å². The molecule has 0 aliphatic heterocycles. The molecule has 0 N–H and O–H groups in total. The number of nitrogens with zero attached hydrogens (tertiary/aromatic N) is 2. The van der Waals surface area contributed by atoms with Gasteiger partial charge in [-0.05, 0) is 17.7 Å². The Balaban J connectivity index is 1.94. The standard InChI is InChI=1S/C21H16N2O/c1-23-20-13-19(16-10-6-3-7-11-16)22-14-17(20)12-18(21(23)24)15-8-4-2-5-9-15/h2-14H,1H3. The fourth-order valence-electron chi connectivity index (χ4n) is 2.96. The molecule has 0 amide bonds. The highest BCUT2D eigenvalue weighted by atomic mass is 16.1. The maximum absolute atomic E-state index is 12.8. The molecule has 116 valence electrons. The molecule has 0 radical (unpaired) electrons. The first-order valence-corrected chi connectivity index (χ1v) is 7.85. The summed E-state index contributed by atoms with van der Waals surface area (Å²) in [6.45, 7) is 0. The minimum atomic E-state index is -0.00101. The summed E-state index contributed by atoms with van der Waals surface area (Å²) in [4.78, 5) is 17.3. The van der Waals surface area contributed by atoms with Gasteiger partial charge in [-0.1, -0.05) is 60.7 Å². The van der Waals surface area contributed by atoms with E-state index in [2.05, 4.69) is 4.98 Å². The SMILES string of the molecule is Cn1c(=O)c(-c2ccccc2)cc2cnc(-c3ccccc3)cc21. The average Bonchev–Trinajstić information content (AvgIpc) is 2.66. The van der Waals surface area contributed by atoms with Gasteiger partial charge in [-0.25, -0.2) is 0 Å². The average molecular weight is 312 g/mol. The lowest BCUT2D eigenvalue weighted by molar-refractivity contribution is 0.907. The number of hydrogen-bond donors (Lipinski definition) is 0. The predicted octanol–water partition coefficient (Wildman–Crippen LogP) is 4.27. The van der Waals surface area contributed by atoms with Crippen LogP contribution in [0.5, 0.6) is 0 Å². The van der Waals surface area contributed by atoms with E-state index in [4.69, 9.17) is 0 Å². The molecule has 24 heavy (non-hydrogen) atoms. The maximum atomic E-state index is 12.8. The van der Waals surface area contributed by atoms with Crippen LogP contribution < -0.4 is 5.56 Å². The summed E-state index contributed by atoms with van der Waals surface area (Å²) in [5, 5.41) is 0.954. The number of pyridine rings is 2. The molecule has 3 nitrogen and oxygen atoms in total. The Kier molecular flexibility index (Phi) is 3.47. The molecule has 0 saturated carbocycles. The van der Waals surface area contributed by atoms with Crippen molar-refractivity contribution >= 4 is 10.9 Å². The molecule has 2 heterocycles. The highest BCUT2D eigenvalue weighted by Crippen LogP contribution is 2.24. The zero-order valence-electron chi connectivity index (χ0n) is 13.3. The molecule has 0 unspecified atom stereocenters. The minimum Gasteiger partial charge on any atom is -0.311 e. The topological polar surface area (TPSA) is 34.9 Å². The summed E-state index contributed by atoms with van der Waals surface area (Å²) in [5.74, 6) is 0. The van der Waals surface area contributed by atoms with Crippen LogP contribution in [0.15, 0.2) is 83.8 Å². The third kappa shape index (κ3) is 2.40. The van der Waals surface area contributed by atoms with Gasteiger partial charge in [0.15, 0.2) is 0 Å². The van der Waals surface area contributed by atoms with Crippen LogP contribution >= 0.6 is 0 Å². The Morgan fingerprint density at radius 2 is 1.46 bits per heavy atom. The number of rotatable bonds is 2. The second-order valence-electron chi connectivity index (χ2n) is 5.78. The molecule has 0 saturated heterocycles. The van der Waals surface area contributed by atoms with Crippen molar-refractivity contribution in [3.8, 4) is 22.4 Å². The van der Waals surface area contributed by atoms with E-state index >= 15 is 0 Å². The van der Waals surface area contributed by atoms with Gasteiger partial charge in [-0.3, -0.25) is 9.78 Å². The minimum absolute atomic E-state index is 0.00101. The number of aromatic nitrogens is 2. The molecule has 2 aromatic carbocycles. The molecular formula is C21H16N2O. The van der Waals surface area contributed by atoms with Crippen LogP contribution in [0.4, 0.5) is 0 Å². The van der Waals surface area contributed by atoms with E-state index in [1.165, 1.54) is 0 Å². The number of benzene rings is 2. The van der Waals surface area contributed by atoms with E-state index in [0.29, 0.717) is 5.56 Å². The van der Waals surface area contributed by atoms with E-state index in [1.54, 1.807) is 4.57 Å². The van der Waals surface area contributed by atoms with Crippen molar-refractivity contribution in [2.45, 2.75) is 0 Å². The van der Waals surface area contributed by atoms with Crippen LogP contribution in [0.1, 0.15) is 0 Å². The van der Waals surface area contributed by atoms with Gasteiger partial charge in [0.1, 0.15) is 0 Å². The van der Waals surface area contributed by atoms with Crippen molar-refractivity contribution in [3.05, 3.63) is 89.3 Å². The Morgan fingerprint density at radius 3 is 2.12 bits per heavy atom. The highest BCUT2D eigenvalue weighted by molar-refractivity contribution is 5.86. The zero-order chi connectivity index (χ0) is 16.5. The normalized spacial score (nSPS) is 10.9. The Bertz CT molecular complexity index is 1070. The summed E-state index contributed by atoms with van der Waals surface area (Å²) in [6, 6.07) is 23.6. The highest BCUT2D eigenvalue weighted by Gasteiger charge is 2.10. The van der Waals surface area contributed by atoms with Crippen LogP contribution in [0.2, 0.25) is 0 Å². The van der Waals surface area contributed by atoms with Gasteiger partial charge in [0, 0.05) is 29.8 Å². The van der Waals surface area contributed by atoms with Crippen LogP contribution in [0, 0.1) is 0 Å². The summed E-state index contributed by atoms with van der Waals surface area (Å²) in [6.07, 6.45) is 1.84. The van der Waals surface area contributed by atoms with Gasteiger partial charge < -0.3 is 4.57 Å². The predicted molar refractivity (Wildman–Crippen MR) is 97.9 cm³/mol. The number of fused-ring (bicyclic) bond motifs is 1. The first-order chi connectivity index (χ1) is 11.7. The lowest BCUT2D eigenvalue weighted by Crippen LogP contribution is -2.19. The molecular weight excluding hydrogens is 296 g/mol. The van der Waals surface area contributed by atoms with E-state index < -0.39 is 0 Å². The second kappa shape index (κ2) is 5.78. The molecule has 0 spiro atoms. The van der Waals surface area contributed by atoms with Crippen LogP contribution in [0.3, 0.4) is 0 Å². The Morgan fingerprint density at radius 1 is 0.833 bits per heavy atom.